The van der Waals surface area contributed by atoms with E-state index < -0.39 is 0 Å². The minimum atomic E-state index is 0.764. The largest absolute Gasteiger partial charge is 0.534 e. The highest BCUT2D eigenvalue weighted by Crippen LogP contribution is 2.07. The van der Waals surface area contributed by atoms with Crippen LogP contribution in [0.1, 0.15) is 13.8 Å². The van der Waals surface area contributed by atoms with Crippen molar-refractivity contribution >= 4 is 0 Å². The lowest BCUT2D eigenvalue weighted by atomic mass is 10.2. The summed E-state index contributed by atoms with van der Waals surface area (Å²) in [4.78, 5) is 0. The molecule has 7 heavy (non-hydrogen) atoms. The summed E-state index contributed by atoms with van der Waals surface area (Å²) in [6.07, 6.45) is 0. The molecule has 0 saturated heterocycles. The molecular weight excluding hydrogens is 88.1 g/mol. The molecule has 0 spiro atoms. The molecule has 0 aliphatic carbocycles. The molecule has 0 radical (unpaired) electrons. The Kier molecular flexibility index (Phi) is 2.34. The lowest BCUT2D eigenvalue weighted by molar-refractivity contribution is 0.291. The molecule has 0 saturated carbocycles. The average Bonchev–Trinajstić information content (AvgIpc) is 1.65. The average molecular weight is 99.2 g/mol. The highest BCUT2D eigenvalue weighted by Gasteiger charge is 1.82. The molecule has 0 rings (SSSR count). The van der Waals surface area contributed by atoms with Gasteiger partial charge in [0.05, 0.1) is 7.11 Å². The number of allylic oxidation sites excluding steroid dienone is 1. The van der Waals surface area contributed by atoms with Crippen molar-refractivity contribution in [1.82, 2.24) is 0 Å². The zero-order valence-electron chi connectivity index (χ0n) is 5.12. The summed E-state index contributed by atoms with van der Waals surface area (Å²) in [5.74, 6) is 1.89. The van der Waals surface area contributed by atoms with Crippen LogP contribution >= 0.6 is 0 Å². The molecule has 0 unspecified atom stereocenters. The van der Waals surface area contributed by atoms with Gasteiger partial charge in [-0.15, -0.1) is 13.8 Å². The molecule has 0 aromatic rings. The van der Waals surface area contributed by atoms with E-state index in [0.717, 1.165) is 11.7 Å². The van der Waals surface area contributed by atoms with Crippen LogP contribution in [0.5, 0.6) is 0 Å². The molecule has 0 aliphatic heterocycles. The quantitative estimate of drug-likeness (QED) is 0.378. The Bertz CT molecular complexity index is 64.6. The van der Waals surface area contributed by atoms with E-state index in [1.807, 2.05) is 13.8 Å². The molecule has 0 amide bonds. The van der Waals surface area contributed by atoms with Gasteiger partial charge in [0.15, 0.2) is 0 Å². The van der Waals surface area contributed by atoms with Crippen LogP contribution in [-0.2, 0) is 4.74 Å². The summed E-state index contributed by atoms with van der Waals surface area (Å²) in [5, 5.41) is 0. The molecule has 1 nitrogen and oxygen atoms in total. The zero-order valence-corrected chi connectivity index (χ0v) is 5.12. The Morgan fingerprint density at radius 2 is 2.00 bits per heavy atom. The van der Waals surface area contributed by atoms with Gasteiger partial charge in [-0.05, 0) is 5.76 Å². The molecule has 0 aliphatic rings. The van der Waals surface area contributed by atoms with Gasteiger partial charge in [-0.2, -0.15) is 5.92 Å². The molecule has 1 heteroatoms. The Morgan fingerprint density at radius 1 is 1.57 bits per heavy atom. The second-order valence-corrected chi connectivity index (χ2v) is 1.63. The van der Waals surface area contributed by atoms with Crippen LogP contribution in [0, 0.1) is 5.92 Å². The SMILES string of the molecule is C=C(OC)[C-](C)C. The second kappa shape index (κ2) is 2.56. The molecule has 0 heterocycles. The number of ether oxygens (including phenoxy) is 1. The summed E-state index contributed by atoms with van der Waals surface area (Å²) < 4.78 is 4.78. The number of rotatable bonds is 2. The van der Waals surface area contributed by atoms with Crippen molar-refractivity contribution in [3.63, 3.8) is 0 Å². The van der Waals surface area contributed by atoms with Crippen molar-refractivity contribution in [2.45, 2.75) is 13.8 Å². The fourth-order valence-electron chi connectivity index (χ4n) is 0.204. The van der Waals surface area contributed by atoms with Crippen LogP contribution in [0.15, 0.2) is 12.3 Å². The highest BCUT2D eigenvalue weighted by atomic mass is 16.5. The third-order valence-electron chi connectivity index (χ3n) is 0.804. The third-order valence-corrected chi connectivity index (χ3v) is 0.804. The molecule has 0 aromatic heterocycles. The van der Waals surface area contributed by atoms with Gasteiger partial charge in [0.25, 0.3) is 0 Å². The van der Waals surface area contributed by atoms with Crippen LogP contribution in [0.25, 0.3) is 0 Å². The lowest BCUT2D eigenvalue weighted by Gasteiger charge is -2.16. The summed E-state index contributed by atoms with van der Waals surface area (Å²) in [6, 6.07) is 0. The Balaban J connectivity index is 3.35. The van der Waals surface area contributed by atoms with E-state index in [1.165, 1.54) is 0 Å². The van der Waals surface area contributed by atoms with Gasteiger partial charge in [-0.1, -0.05) is 0 Å². The van der Waals surface area contributed by atoms with Crippen molar-refractivity contribution in [2.24, 2.45) is 0 Å². The third kappa shape index (κ3) is 2.15. The van der Waals surface area contributed by atoms with Crippen molar-refractivity contribution in [2.75, 3.05) is 7.11 Å². The normalized spacial score (nSPS) is 7.86. The molecule has 0 aromatic carbocycles. The minimum Gasteiger partial charge on any atom is -0.534 e. The summed E-state index contributed by atoms with van der Waals surface area (Å²) >= 11 is 0. The summed E-state index contributed by atoms with van der Waals surface area (Å²) in [7, 11) is 1.62. The van der Waals surface area contributed by atoms with Crippen molar-refractivity contribution < 1.29 is 4.74 Å². The maximum absolute atomic E-state index is 4.78. The fraction of sp³-hybridized carbons (Fsp3) is 0.500. The van der Waals surface area contributed by atoms with E-state index in [-0.39, 0.29) is 0 Å². The Labute approximate surface area is 45.0 Å². The van der Waals surface area contributed by atoms with Crippen LogP contribution in [0.2, 0.25) is 0 Å². The van der Waals surface area contributed by atoms with E-state index in [2.05, 4.69) is 6.58 Å². The maximum atomic E-state index is 4.78. The van der Waals surface area contributed by atoms with Gasteiger partial charge in [0.1, 0.15) is 0 Å². The van der Waals surface area contributed by atoms with Gasteiger partial charge in [0, 0.05) is 0 Å². The van der Waals surface area contributed by atoms with Crippen molar-refractivity contribution in [3.05, 3.63) is 18.3 Å². The monoisotopic (exact) mass is 99.1 g/mol. The van der Waals surface area contributed by atoms with E-state index in [0.29, 0.717) is 0 Å². The van der Waals surface area contributed by atoms with Gasteiger partial charge in [0.2, 0.25) is 0 Å². The van der Waals surface area contributed by atoms with Crippen molar-refractivity contribution in [1.29, 1.82) is 0 Å². The number of hydrogen-bond acceptors (Lipinski definition) is 1. The maximum Gasteiger partial charge on any atom is 0.0729 e. The molecule has 0 atom stereocenters. The Morgan fingerprint density at radius 3 is 2.00 bits per heavy atom. The van der Waals surface area contributed by atoms with Crippen LogP contribution in [-0.4, -0.2) is 7.11 Å². The highest BCUT2D eigenvalue weighted by molar-refractivity contribution is 5.07. The first-order valence-corrected chi connectivity index (χ1v) is 2.22. The first-order chi connectivity index (χ1) is 3.18. The Hall–Kier alpha value is -0.590. The minimum absolute atomic E-state index is 0.764. The molecule has 0 fully saturated rings. The smallest absolute Gasteiger partial charge is 0.0729 e. The molecule has 0 N–H and O–H groups in total. The standard InChI is InChI=1S/C6H11O/c1-5(2)6(3)7-4/h3H2,1-2,4H3/q-1. The topological polar surface area (TPSA) is 9.23 Å². The fourth-order valence-corrected chi connectivity index (χ4v) is 0.204. The van der Waals surface area contributed by atoms with E-state index >= 15 is 0 Å². The second-order valence-electron chi connectivity index (χ2n) is 1.63. The summed E-state index contributed by atoms with van der Waals surface area (Å²) in [5.41, 5.74) is 0. The van der Waals surface area contributed by atoms with E-state index in [1.54, 1.807) is 7.11 Å². The van der Waals surface area contributed by atoms with Gasteiger partial charge < -0.3 is 4.74 Å². The van der Waals surface area contributed by atoms with Gasteiger partial charge >= 0.3 is 0 Å². The van der Waals surface area contributed by atoms with E-state index in [4.69, 9.17) is 4.74 Å². The first-order valence-electron chi connectivity index (χ1n) is 2.22. The number of hydrogen-bond donors (Lipinski definition) is 0. The van der Waals surface area contributed by atoms with Crippen molar-refractivity contribution in [3.8, 4) is 0 Å². The zero-order chi connectivity index (χ0) is 5.86. The van der Waals surface area contributed by atoms with Gasteiger partial charge in [-0.25, -0.2) is 6.58 Å². The molecule has 42 valence electrons. The predicted molar refractivity (Wildman–Crippen MR) is 30.7 cm³/mol. The van der Waals surface area contributed by atoms with Crippen LogP contribution in [0.4, 0.5) is 0 Å². The van der Waals surface area contributed by atoms with Crippen LogP contribution < -0.4 is 0 Å². The molecular formula is C6H11O-. The van der Waals surface area contributed by atoms with Gasteiger partial charge in [-0.3, -0.25) is 0 Å². The summed E-state index contributed by atoms with van der Waals surface area (Å²) in [6.45, 7) is 7.54. The molecule has 0 bridgehead atoms. The lowest BCUT2D eigenvalue weighted by Crippen LogP contribution is -1.90. The predicted octanol–water partition coefficient (Wildman–Crippen LogP) is 1.76. The van der Waals surface area contributed by atoms with Crippen LogP contribution in [0.3, 0.4) is 0 Å². The van der Waals surface area contributed by atoms with E-state index in [9.17, 15) is 0 Å². The number of methoxy groups -OCH3 is 1. The first kappa shape index (κ1) is 6.41.